The van der Waals surface area contributed by atoms with E-state index in [9.17, 15) is 9.59 Å². The minimum atomic E-state index is -0.0779. The number of urea groups is 1. The second kappa shape index (κ2) is 9.05. The van der Waals surface area contributed by atoms with Gasteiger partial charge in [-0.15, -0.1) is 23.7 Å². The highest BCUT2D eigenvalue weighted by Crippen LogP contribution is 2.13. The molecule has 130 valence electrons. The Morgan fingerprint density at radius 3 is 2.26 bits per heavy atom. The number of nitrogens with two attached hydrogens (primary N) is 1. The molecule has 2 N–H and O–H groups in total. The highest BCUT2D eigenvalue weighted by Gasteiger charge is 2.27. The first-order chi connectivity index (χ1) is 10.6. The Hall–Kier alpha value is -1.38. The molecule has 1 aliphatic heterocycles. The normalized spacial score (nSPS) is 14.4. The van der Waals surface area contributed by atoms with Crippen molar-refractivity contribution in [1.29, 1.82) is 0 Å². The molecule has 1 saturated heterocycles. The molecule has 3 amide bonds. The highest BCUT2D eigenvalue weighted by molar-refractivity contribution is 7.09. The maximum absolute atomic E-state index is 12.4. The minimum absolute atomic E-state index is 0. The van der Waals surface area contributed by atoms with Gasteiger partial charge in [0.15, 0.2) is 0 Å². The number of hydrogen-bond acceptors (Lipinski definition) is 5. The van der Waals surface area contributed by atoms with E-state index >= 15 is 0 Å². The van der Waals surface area contributed by atoms with Gasteiger partial charge in [-0.05, 0) is 13.8 Å². The first-order valence-electron chi connectivity index (χ1n) is 7.58. The Labute approximate surface area is 146 Å². The van der Waals surface area contributed by atoms with Crippen molar-refractivity contribution in [2.24, 2.45) is 5.73 Å². The summed E-state index contributed by atoms with van der Waals surface area (Å²) in [7, 11) is 0. The largest absolute Gasteiger partial charge is 0.334 e. The van der Waals surface area contributed by atoms with Crippen LogP contribution in [0, 0.1) is 0 Å². The summed E-state index contributed by atoms with van der Waals surface area (Å²) < 4.78 is 0. The van der Waals surface area contributed by atoms with Crippen LogP contribution in [0.5, 0.6) is 0 Å². The lowest BCUT2D eigenvalue weighted by molar-refractivity contribution is 0.0636. The summed E-state index contributed by atoms with van der Waals surface area (Å²) in [6, 6.07) is 0.0520. The molecule has 7 nitrogen and oxygen atoms in total. The Balaban J connectivity index is 0.00000264. The second-order valence-corrected chi connectivity index (χ2v) is 6.01. The maximum Gasteiger partial charge on any atom is 0.320 e. The lowest BCUT2D eigenvalue weighted by atomic mass is 10.3. The third-order valence-corrected chi connectivity index (χ3v) is 4.69. The Morgan fingerprint density at radius 1 is 1.22 bits per heavy atom. The molecule has 0 atom stereocenters. The lowest BCUT2D eigenvalue weighted by Crippen LogP contribution is -2.54. The summed E-state index contributed by atoms with van der Waals surface area (Å²) in [6.45, 7) is 7.91. The van der Waals surface area contributed by atoms with Crippen molar-refractivity contribution in [1.82, 2.24) is 19.7 Å². The van der Waals surface area contributed by atoms with Crippen LogP contribution < -0.4 is 5.73 Å². The van der Waals surface area contributed by atoms with Crippen molar-refractivity contribution in [3.8, 4) is 0 Å². The van der Waals surface area contributed by atoms with Gasteiger partial charge in [0.05, 0.1) is 0 Å². The predicted molar refractivity (Wildman–Crippen MR) is 93.0 cm³/mol. The van der Waals surface area contributed by atoms with Crippen LogP contribution in [0.4, 0.5) is 4.79 Å². The zero-order valence-electron chi connectivity index (χ0n) is 13.5. The maximum atomic E-state index is 12.4. The van der Waals surface area contributed by atoms with Gasteiger partial charge in [0.1, 0.15) is 10.7 Å². The Kier molecular flexibility index (Phi) is 7.74. The van der Waals surface area contributed by atoms with Crippen LogP contribution in [-0.2, 0) is 6.54 Å². The fraction of sp³-hybridized carbons (Fsp3) is 0.643. The summed E-state index contributed by atoms with van der Waals surface area (Å²) in [5, 5.41) is 2.51. The summed E-state index contributed by atoms with van der Waals surface area (Å²) >= 11 is 1.40. The van der Waals surface area contributed by atoms with Crippen LogP contribution in [0.1, 0.15) is 29.3 Å². The quantitative estimate of drug-likeness (QED) is 0.874. The minimum Gasteiger partial charge on any atom is -0.334 e. The van der Waals surface area contributed by atoms with Gasteiger partial charge in [0, 0.05) is 51.2 Å². The number of carbonyl (C=O) groups is 2. The molecule has 0 aliphatic carbocycles. The molecule has 23 heavy (non-hydrogen) atoms. The third-order valence-electron chi connectivity index (χ3n) is 3.82. The molecule has 0 bridgehead atoms. The van der Waals surface area contributed by atoms with E-state index in [-0.39, 0.29) is 24.3 Å². The zero-order valence-corrected chi connectivity index (χ0v) is 15.2. The molecule has 0 unspecified atom stereocenters. The molecule has 1 aromatic heterocycles. The molecule has 2 rings (SSSR count). The average Bonchev–Trinajstić information content (AvgIpc) is 3.04. The van der Waals surface area contributed by atoms with Crippen molar-refractivity contribution in [2.45, 2.75) is 20.4 Å². The van der Waals surface area contributed by atoms with Crippen molar-refractivity contribution in [3.05, 3.63) is 16.1 Å². The SMILES string of the molecule is CCN(CC)C(=O)N1CCN(C(=O)c2csc(CN)n2)CC1.Cl. The molecule has 0 radical (unpaired) electrons. The topological polar surface area (TPSA) is 82.8 Å². The van der Waals surface area contributed by atoms with Crippen molar-refractivity contribution < 1.29 is 9.59 Å². The van der Waals surface area contributed by atoms with Crippen LogP contribution in [0.2, 0.25) is 0 Å². The molecule has 0 spiro atoms. The van der Waals surface area contributed by atoms with Gasteiger partial charge in [0.2, 0.25) is 0 Å². The van der Waals surface area contributed by atoms with E-state index in [2.05, 4.69) is 4.98 Å². The molecular weight excluding hydrogens is 338 g/mol. The fourth-order valence-electron chi connectivity index (χ4n) is 2.46. The van der Waals surface area contributed by atoms with Crippen molar-refractivity contribution in [2.75, 3.05) is 39.3 Å². The number of halogens is 1. The summed E-state index contributed by atoms with van der Waals surface area (Å²) in [5.74, 6) is -0.0779. The van der Waals surface area contributed by atoms with E-state index in [1.165, 1.54) is 11.3 Å². The summed E-state index contributed by atoms with van der Waals surface area (Å²) in [6.07, 6.45) is 0. The number of piperazine rings is 1. The molecule has 9 heteroatoms. The lowest BCUT2D eigenvalue weighted by Gasteiger charge is -2.36. The van der Waals surface area contributed by atoms with Gasteiger partial charge in [-0.25, -0.2) is 9.78 Å². The monoisotopic (exact) mass is 361 g/mol. The first kappa shape index (κ1) is 19.7. The van der Waals surface area contributed by atoms with E-state index in [0.717, 1.165) is 5.01 Å². The number of amides is 3. The predicted octanol–water partition coefficient (Wildman–Crippen LogP) is 1.24. The second-order valence-electron chi connectivity index (χ2n) is 5.06. The van der Waals surface area contributed by atoms with E-state index < -0.39 is 0 Å². The van der Waals surface area contributed by atoms with Gasteiger partial charge in [-0.1, -0.05) is 0 Å². The smallest absolute Gasteiger partial charge is 0.320 e. The van der Waals surface area contributed by atoms with Crippen molar-refractivity contribution in [3.63, 3.8) is 0 Å². The van der Waals surface area contributed by atoms with Crippen LogP contribution >= 0.6 is 23.7 Å². The summed E-state index contributed by atoms with van der Waals surface area (Å²) in [4.78, 5) is 34.2. The molecule has 2 heterocycles. The molecule has 0 aromatic carbocycles. The number of aromatic nitrogens is 1. The van der Waals surface area contributed by atoms with Crippen LogP contribution in [0.25, 0.3) is 0 Å². The number of rotatable bonds is 4. The van der Waals surface area contributed by atoms with Crippen LogP contribution in [0.15, 0.2) is 5.38 Å². The van der Waals surface area contributed by atoms with Crippen molar-refractivity contribution >= 4 is 35.7 Å². The molecule has 0 saturated carbocycles. The van der Waals surface area contributed by atoms with Gasteiger partial charge >= 0.3 is 6.03 Å². The first-order valence-corrected chi connectivity index (χ1v) is 8.46. The standard InChI is InChI=1S/C14H23N5O2S.ClH/c1-3-17(4-2)14(21)19-7-5-18(6-8-19)13(20)11-10-22-12(9-15)16-11;/h10H,3-9,15H2,1-2H3;1H. The number of carbonyl (C=O) groups excluding carboxylic acids is 2. The van der Waals surface area contributed by atoms with E-state index in [4.69, 9.17) is 5.73 Å². The molecule has 1 aliphatic rings. The third kappa shape index (κ3) is 4.55. The molecule has 1 aromatic rings. The van der Waals surface area contributed by atoms with Gasteiger partial charge < -0.3 is 20.4 Å². The zero-order chi connectivity index (χ0) is 16.1. The van der Waals surface area contributed by atoms with E-state index in [1.54, 1.807) is 15.2 Å². The molecule has 1 fully saturated rings. The van der Waals surface area contributed by atoms with E-state index in [0.29, 0.717) is 51.5 Å². The Bertz CT molecular complexity index is 527. The van der Waals surface area contributed by atoms with Gasteiger partial charge in [-0.3, -0.25) is 4.79 Å². The summed E-state index contributed by atoms with van der Waals surface area (Å²) in [5.41, 5.74) is 5.97. The average molecular weight is 362 g/mol. The fourth-order valence-corrected chi connectivity index (χ4v) is 3.11. The van der Waals surface area contributed by atoms with Gasteiger partial charge in [-0.2, -0.15) is 0 Å². The van der Waals surface area contributed by atoms with Crippen LogP contribution in [-0.4, -0.2) is 70.9 Å². The number of nitrogens with zero attached hydrogens (tertiary/aromatic N) is 4. The van der Waals surface area contributed by atoms with Gasteiger partial charge in [0.25, 0.3) is 5.91 Å². The van der Waals surface area contributed by atoms with Crippen LogP contribution in [0.3, 0.4) is 0 Å². The Morgan fingerprint density at radius 2 is 1.78 bits per heavy atom. The van der Waals surface area contributed by atoms with E-state index in [1.807, 2.05) is 18.7 Å². The molecular formula is C14H24ClN5O2S. The number of thiazole rings is 1. The highest BCUT2D eigenvalue weighted by atomic mass is 35.5. The number of hydrogen-bond donors (Lipinski definition) is 1.